The molecule has 1 heterocycles. The second kappa shape index (κ2) is 8.15. The molecule has 1 aromatic heterocycles. The molecule has 1 N–H and O–H groups in total. The van der Waals surface area contributed by atoms with Crippen LogP contribution in [0.25, 0.3) is 0 Å². The lowest BCUT2D eigenvalue weighted by Gasteiger charge is -2.24. The first kappa shape index (κ1) is 16.0. The van der Waals surface area contributed by atoms with Gasteiger partial charge in [-0.05, 0) is 24.1 Å². The third-order valence-electron chi connectivity index (χ3n) is 3.49. The Morgan fingerprint density at radius 3 is 2.48 bits per heavy atom. The van der Waals surface area contributed by atoms with Crippen molar-refractivity contribution in [2.24, 2.45) is 0 Å². The predicted molar refractivity (Wildman–Crippen MR) is 89.6 cm³/mol. The van der Waals surface area contributed by atoms with E-state index in [2.05, 4.69) is 60.3 Å². The maximum atomic E-state index is 4.35. The Morgan fingerprint density at radius 1 is 1.14 bits per heavy atom. The van der Waals surface area contributed by atoms with E-state index in [1.165, 1.54) is 11.1 Å². The van der Waals surface area contributed by atoms with Gasteiger partial charge in [0.1, 0.15) is 5.03 Å². The number of benzene rings is 1. The largest absolute Gasteiger partial charge is 0.309 e. The van der Waals surface area contributed by atoms with E-state index < -0.39 is 0 Å². The first-order chi connectivity index (χ1) is 10.2. The topological polar surface area (TPSA) is 37.8 Å². The SMILES string of the molecule is CCNC(c1ccc(CC)cc1)C(C)Sc1cnccn1. The van der Waals surface area contributed by atoms with Crippen molar-refractivity contribution in [2.75, 3.05) is 6.54 Å². The van der Waals surface area contributed by atoms with Gasteiger partial charge in [-0.1, -0.05) is 56.8 Å². The smallest absolute Gasteiger partial charge is 0.115 e. The number of hydrogen-bond acceptors (Lipinski definition) is 4. The van der Waals surface area contributed by atoms with E-state index in [1.54, 1.807) is 24.2 Å². The molecule has 0 bridgehead atoms. The third kappa shape index (κ3) is 4.55. The molecule has 2 atom stereocenters. The molecule has 0 saturated carbocycles. The minimum Gasteiger partial charge on any atom is -0.309 e. The third-order valence-corrected chi connectivity index (χ3v) is 4.58. The second-order valence-electron chi connectivity index (χ2n) is 5.00. The van der Waals surface area contributed by atoms with Crippen LogP contribution in [0.4, 0.5) is 0 Å². The molecule has 0 aliphatic heterocycles. The van der Waals surface area contributed by atoms with Crippen LogP contribution >= 0.6 is 11.8 Å². The highest BCUT2D eigenvalue weighted by Crippen LogP contribution is 2.30. The van der Waals surface area contributed by atoms with Gasteiger partial charge < -0.3 is 5.32 Å². The zero-order valence-electron chi connectivity index (χ0n) is 12.9. The summed E-state index contributed by atoms with van der Waals surface area (Å²) < 4.78 is 0. The molecule has 0 fully saturated rings. The van der Waals surface area contributed by atoms with E-state index in [9.17, 15) is 0 Å². The molecule has 112 valence electrons. The van der Waals surface area contributed by atoms with E-state index in [-0.39, 0.29) is 0 Å². The van der Waals surface area contributed by atoms with Crippen molar-refractivity contribution in [3.05, 3.63) is 54.0 Å². The van der Waals surface area contributed by atoms with Crippen LogP contribution in [0.15, 0.2) is 47.9 Å². The minimum absolute atomic E-state index is 0.313. The van der Waals surface area contributed by atoms with Crippen molar-refractivity contribution in [3.8, 4) is 0 Å². The van der Waals surface area contributed by atoms with Gasteiger partial charge in [-0.15, -0.1) is 0 Å². The van der Waals surface area contributed by atoms with Crippen molar-refractivity contribution in [1.29, 1.82) is 0 Å². The van der Waals surface area contributed by atoms with Crippen LogP contribution in [-0.4, -0.2) is 21.8 Å². The molecule has 0 saturated heterocycles. The molecule has 0 radical (unpaired) electrons. The summed E-state index contributed by atoms with van der Waals surface area (Å²) in [6.07, 6.45) is 6.35. The number of aryl methyl sites for hydroxylation is 1. The second-order valence-corrected chi connectivity index (χ2v) is 6.39. The molecule has 0 spiro atoms. The quantitative estimate of drug-likeness (QED) is 0.788. The molecule has 0 amide bonds. The highest BCUT2D eigenvalue weighted by Gasteiger charge is 2.19. The Kier molecular flexibility index (Phi) is 6.21. The number of rotatable bonds is 7. The van der Waals surface area contributed by atoms with Gasteiger partial charge >= 0.3 is 0 Å². The Balaban J connectivity index is 2.13. The van der Waals surface area contributed by atoms with Crippen LogP contribution in [0.5, 0.6) is 0 Å². The summed E-state index contributed by atoms with van der Waals surface area (Å²) in [6, 6.07) is 9.23. The van der Waals surface area contributed by atoms with Crippen LogP contribution in [0, 0.1) is 0 Å². The number of aromatic nitrogens is 2. The zero-order valence-corrected chi connectivity index (χ0v) is 13.7. The van der Waals surface area contributed by atoms with Gasteiger partial charge in [0, 0.05) is 23.7 Å². The highest BCUT2D eigenvalue weighted by atomic mass is 32.2. The molecule has 2 rings (SSSR count). The minimum atomic E-state index is 0.313. The molecule has 2 aromatic rings. The lowest BCUT2D eigenvalue weighted by Crippen LogP contribution is -2.28. The first-order valence-corrected chi connectivity index (χ1v) is 8.37. The molecule has 0 aliphatic rings. The summed E-state index contributed by atoms with van der Waals surface area (Å²) in [7, 11) is 0. The average molecular weight is 301 g/mol. The summed E-state index contributed by atoms with van der Waals surface area (Å²) in [6.45, 7) is 7.52. The fraction of sp³-hybridized carbons (Fsp3) is 0.412. The number of hydrogen-bond donors (Lipinski definition) is 1. The molecule has 0 aliphatic carbocycles. The summed E-state index contributed by atoms with van der Waals surface area (Å²) in [5, 5.41) is 4.94. The van der Waals surface area contributed by atoms with Crippen LogP contribution in [0.3, 0.4) is 0 Å². The fourth-order valence-electron chi connectivity index (χ4n) is 2.34. The first-order valence-electron chi connectivity index (χ1n) is 7.49. The van der Waals surface area contributed by atoms with E-state index in [0.717, 1.165) is 18.0 Å². The van der Waals surface area contributed by atoms with Gasteiger partial charge in [0.05, 0.1) is 6.20 Å². The van der Waals surface area contributed by atoms with Crippen LogP contribution in [-0.2, 0) is 6.42 Å². The lowest BCUT2D eigenvalue weighted by molar-refractivity contribution is 0.547. The van der Waals surface area contributed by atoms with E-state index in [0.29, 0.717) is 11.3 Å². The van der Waals surface area contributed by atoms with Crippen molar-refractivity contribution in [3.63, 3.8) is 0 Å². The Hall–Kier alpha value is -1.39. The van der Waals surface area contributed by atoms with Crippen LogP contribution in [0.1, 0.15) is 37.9 Å². The normalized spacial score (nSPS) is 13.9. The van der Waals surface area contributed by atoms with Gasteiger partial charge in [0.25, 0.3) is 0 Å². The van der Waals surface area contributed by atoms with Gasteiger partial charge in [0.15, 0.2) is 0 Å². The molecule has 3 nitrogen and oxygen atoms in total. The van der Waals surface area contributed by atoms with Crippen LogP contribution < -0.4 is 5.32 Å². The number of nitrogens with zero attached hydrogens (tertiary/aromatic N) is 2. The maximum Gasteiger partial charge on any atom is 0.115 e. The monoisotopic (exact) mass is 301 g/mol. The lowest BCUT2D eigenvalue weighted by atomic mass is 10.0. The highest BCUT2D eigenvalue weighted by molar-refractivity contribution is 7.99. The summed E-state index contributed by atoms with van der Waals surface area (Å²) in [4.78, 5) is 8.49. The summed E-state index contributed by atoms with van der Waals surface area (Å²) in [5.41, 5.74) is 2.71. The van der Waals surface area contributed by atoms with Crippen LogP contribution in [0.2, 0.25) is 0 Å². The van der Waals surface area contributed by atoms with E-state index >= 15 is 0 Å². The van der Waals surface area contributed by atoms with Gasteiger partial charge in [-0.3, -0.25) is 4.98 Å². The fourth-order valence-corrected chi connectivity index (χ4v) is 3.35. The molecule has 4 heteroatoms. The Morgan fingerprint density at radius 2 is 1.90 bits per heavy atom. The standard InChI is InChI=1S/C17H23N3S/c1-4-14-6-8-15(9-7-14)17(19-5-2)13(3)21-16-12-18-10-11-20-16/h6-13,17,19H,4-5H2,1-3H3. The van der Waals surface area contributed by atoms with Crippen molar-refractivity contribution in [2.45, 2.75) is 43.5 Å². The van der Waals surface area contributed by atoms with Gasteiger partial charge in [-0.25, -0.2) is 4.98 Å². The molecular formula is C17H23N3S. The van der Waals surface area contributed by atoms with Gasteiger partial charge in [0.2, 0.25) is 0 Å². The van der Waals surface area contributed by atoms with Crippen molar-refractivity contribution < 1.29 is 0 Å². The Labute approximate surface area is 131 Å². The Bertz CT molecular complexity index is 527. The summed E-state index contributed by atoms with van der Waals surface area (Å²) >= 11 is 1.76. The van der Waals surface area contributed by atoms with Crippen molar-refractivity contribution >= 4 is 11.8 Å². The van der Waals surface area contributed by atoms with E-state index in [4.69, 9.17) is 0 Å². The molecule has 2 unspecified atom stereocenters. The number of nitrogens with one attached hydrogen (secondary N) is 1. The maximum absolute atomic E-state index is 4.35. The zero-order chi connectivity index (χ0) is 15.1. The average Bonchev–Trinajstić information content (AvgIpc) is 2.53. The predicted octanol–water partition coefficient (Wildman–Crippen LogP) is 3.87. The summed E-state index contributed by atoms with van der Waals surface area (Å²) in [5.74, 6) is 0. The molecular weight excluding hydrogens is 278 g/mol. The van der Waals surface area contributed by atoms with Gasteiger partial charge in [-0.2, -0.15) is 0 Å². The van der Waals surface area contributed by atoms with Crippen molar-refractivity contribution in [1.82, 2.24) is 15.3 Å². The number of thioether (sulfide) groups is 1. The molecule has 1 aromatic carbocycles. The molecule has 21 heavy (non-hydrogen) atoms. The van der Waals surface area contributed by atoms with E-state index in [1.807, 2.05) is 6.20 Å².